The van der Waals surface area contributed by atoms with E-state index in [0.717, 1.165) is 6.26 Å². The molecule has 0 bridgehead atoms. The zero-order valence-corrected chi connectivity index (χ0v) is 38.8. The Balaban J connectivity index is -0.0000000916. The summed E-state index contributed by atoms with van der Waals surface area (Å²) in [7, 11) is -11.0. The fraction of sp³-hybridized carbons (Fsp3) is 0.793. The van der Waals surface area contributed by atoms with Crippen molar-refractivity contribution in [2.75, 3.05) is 48.1 Å². The van der Waals surface area contributed by atoms with Crippen LogP contribution in [0.25, 0.3) is 0 Å². The van der Waals surface area contributed by atoms with Gasteiger partial charge in [-0.2, -0.15) is 54.1 Å². The van der Waals surface area contributed by atoms with Gasteiger partial charge < -0.3 is 0 Å². The van der Waals surface area contributed by atoms with Crippen LogP contribution in [0, 0.1) is 0 Å². The second-order valence-corrected chi connectivity index (χ2v) is 23.2. The van der Waals surface area contributed by atoms with Crippen LogP contribution in [-0.2, 0) is 28.8 Å². The number of rotatable bonds is 11. The minimum absolute atomic E-state index is 0.118. The lowest BCUT2D eigenvalue weighted by atomic mass is 10.1. The number of carbonyl (C=O) groups excluding carboxylic acids is 6. The van der Waals surface area contributed by atoms with Gasteiger partial charge in [-0.3, -0.25) is 70.4 Å². The first-order valence-corrected chi connectivity index (χ1v) is 25.2. The van der Waals surface area contributed by atoms with E-state index < -0.39 is 63.0 Å². The van der Waals surface area contributed by atoms with Gasteiger partial charge in [0.15, 0.2) is 11.6 Å². The van der Waals surface area contributed by atoms with Crippen molar-refractivity contribution in [3.05, 3.63) is 0 Å². The van der Waals surface area contributed by atoms with Crippen molar-refractivity contribution in [3.63, 3.8) is 0 Å². The third kappa shape index (κ3) is 42.3. The van der Waals surface area contributed by atoms with Crippen LogP contribution in [0.2, 0.25) is 0 Å². The number of Topliss-reactive ketones (excluding diaryl/α,β-unsaturated/α-hetero) is 5. The Bertz CT molecular complexity index is 1020. The average Bonchev–Trinajstić information content (AvgIpc) is 2.91. The quantitative estimate of drug-likeness (QED) is 0.0542. The molecule has 0 aliphatic rings. The SMILES string of the molecule is CC.CC(=O)C(C)(C)S(C)(O)O.CC(=O)C(C)S(C)(O)O.CC(=O)CBr.CC(=O)CS(C)(O)O.CC(C)(C(=O)NO)S(C)(O)O.CSCC(C)=O. The highest BCUT2D eigenvalue weighted by Crippen LogP contribution is 2.49. The van der Waals surface area contributed by atoms with Gasteiger partial charge in [-0.1, -0.05) is 29.8 Å². The highest BCUT2D eigenvalue weighted by Gasteiger charge is 2.38. The van der Waals surface area contributed by atoms with Crippen LogP contribution >= 0.6 is 70.1 Å². The number of ketones is 5. The predicted octanol–water partition coefficient (Wildman–Crippen LogP) is 7.62. The third-order valence-corrected chi connectivity index (χ3v) is 14.1. The minimum atomic E-state index is -2.99. The summed E-state index contributed by atoms with van der Waals surface area (Å²) < 4.78 is 69.1. The van der Waals surface area contributed by atoms with Crippen molar-refractivity contribution in [1.82, 2.24) is 5.48 Å². The van der Waals surface area contributed by atoms with E-state index in [4.69, 9.17) is 41.6 Å². The number of alkyl halides is 1. The molecule has 0 rings (SSSR count). The Labute approximate surface area is 325 Å². The van der Waals surface area contributed by atoms with Crippen molar-refractivity contribution in [3.8, 4) is 0 Å². The highest BCUT2D eigenvalue weighted by molar-refractivity contribution is 9.09. The van der Waals surface area contributed by atoms with Crippen molar-refractivity contribution in [2.45, 2.75) is 97.8 Å². The van der Waals surface area contributed by atoms with Crippen LogP contribution in [0.15, 0.2) is 0 Å². The van der Waals surface area contributed by atoms with Crippen molar-refractivity contribution >= 4 is 105 Å². The first-order valence-electron chi connectivity index (χ1n) is 14.6. The zero-order valence-electron chi connectivity index (χ0n) is 33.1. The van der Waals surface area contributed by atoms with Crippen LogP contribution in [0.5, 0.6) is 0 Å². The molecule has 0 saturated heterocycles. The monoisotopic (exact) mass is 909 g/mol. The van der Waals surface area contributed by atoms with Gasteiger partial charge in [0.05, 0.1) is 16.8 Å². The van der Waals surface area contributed by atoms with Gasteiger partial charge in [0.25, 0.3) is 5.91 Å². The molecule has 0 fully saturated rings. The van der Waals surface area contributed by atoms with Gasteiger partial charge in [0.1, 0.15) is 32.1 Å². The fourth-order valence-electron chi connectivity index (χ4n) is 1.49. The maximum absolute atomic E-state index is 10.8. The molecule has 1 unspecified atom stereocenters. The van der Waals surface area contributed by atoms with E-state index in [0.29, 0.717) is 11.1 Å². The first-order chi connectivity index (χ1) is 22.2. The molecule has 22 heteroatoms. The smallest absolute Gasteiger partial charge is 0.268 e. The summed E-state index contributed by atoms with van der Waals surface area (Å²) in [6, 6.07) is 0. The number of thioether (sulfide) groups is 1. The lowest BCUT2D eigenvalue weighted by molar-refractivity contribution is -0.131. The lowest BCUT2D eigenvalue weighted by Crippen LogP contribution is -2.44. The van der Waals surface area contributed by atoms with Crippen molar-refractivity contribution in [2.24, 2.45) is 0 Å². The summed E-state index contributed by atoms with van der Waals surface area (Å²) in [6.45, 7) is 18.4. The molecule has 0 aliphatic heterocycles. The van der Waals surface area contributed by atoms with E-state index in [1.807, 2.05) is 20.1 Å². The summed E-state index contributed by atoms with van der Waals surface area (Å²) in [5.74, 6) is -0.417. The summed E-state index contributed by atoms with van der Waals surface area (Å²) >= 11 is 4.52. The van der Waals surface area contributed by atoms with Crippen LogP contribution in [0.4, 0.5) is 0 Å². The van der Waals surface area contributed by atoms with Gasteiger partial charge in [0, 0.05) is 25.0 Å². The van der Waals surface area contributed by atoms with E-state index in [9.17, 15) is 28.8 Å². The molecule has 316 valence electrons. The number of hydrogen-bond acceptors (Lipinski definition) is 16. The number of amides is 1. The minimum Gasteiger partial charge on any atom is -0.299 e. The normalized spacial score (nSPS) is 13.0. The van der Waals surface area contributed by atoms with Crippen LogP contribution < -0.4 is 5.48 Å². The molecule has 0 heterocycles. The molecule has 10 N–H and O–H groups in total. The Hall–Kier alpha value is -0.310. The Morgan fingerprint density at radius 3 is 1.02 bits per heavy atom. The Morgan fingerprint density at radius 1 is 0.686 bits per heavy atom. The van der Waals surface area contributed by atoms with Gasteiger partial charge in [-0.05, 0) is 75.5 Å². The molecule has 1 atom stereocenters. The molecule has 51 heavy (non-hydrogen) atoms. The first kappa shape index (κ1) is 65.6. The van der Waals surface area contributed by atoms with Crippen LogP contribution in [-0.4, -0.2) is 139 Å². The van der Waals surface area contributed by atoms with Gasteiger partial charge in [-0.15, -0.1) is 0 Å². The molecule has 0 aliphatic carbocycles. The van der Waals surface area contributed by atoms with E-state index in [2.05, 4.69) is 15.9 Å². The van der Waals surface area contributed by atoms with E-state index in [1.54, 1.807) is 18.7 Å². The third-order valence-electron chi connectivity index (χ3n) is 5.68. The molecule has 0 radical (unpaired) electrons. The summed E-state index contributed by atoms with van der Waals surface area (Å²) in [6.07, 6.45) is 6.89. The second kappa shape index (κ2) is 31.0. The molecule has 16 nitrogen and oxygen atoms in total. The second-order valence-electron chi connectivity index (χ2n) is 11.6. The number of nitrogens with one attached hydrogen (secondary N) is 1. The lowest BCUT2D eigenvalue weighted by Gasteiger charge is -2.41. The maximum Gasteiger partial charge on any atom is 0.268 e. The van der Waals surface area contributed by atoms with Crippen molar-refractivity contribution < 1.29 is 70.4 Å². The molecule has 0 spiro atoms. The molecular weight excluding hydrogens is 843 g/mol. The largest absolute Gasteiger partial charge is 0.299 e. The molecule has 1 amide bonds. The molecular formula is C29H68BrNO15S5. The Morgan fingerprint density at radius 2 is 1.00 bits per heavy atom. The van der Waals surface area contributed by atoms with Gasteiger partial charge in [0.2, 0.25) is 0 Å². The molecule has 0 aromatic carbocycles. The van der Waals surface area contributed by atoms with Gasteiger partial charge >= 0.3 is 0 Å². The number of halogens is 1. The number of carbonyl (C=O) groups is 6. The zero-order chi connectivity index (χ0) is 43.6. The van der Waals surface area contributed by atoms with E-state index in [1.165, 1.54) is 86.6 Å². The number of hydroxylamine groups is 1. The van der Waals surface area contributed by atoms with Crippen LogP contribution in [0.1, 0.15) is 83.1 Å². The van der Waals surface area contributed by atoms with E-state index in [-0.39, 0.29) is 34.7 Å². The fourth-order valence-corrected chi connectivity index (χ4v) is 4.23. The highest BCUT2D eigenvalue weighted by atomic mass is 79.9. The molecule has 0 aromatic rings. The predicted molar refractivity (Wildman–Crippen MR) is 224 cm³/mol. The number of hydrogen-bond donors (Lipinski definition) is 10. The topological polar surface area (TPSA) is 297 Å². The van der Waals surface area contributed by atoms with Gasteiger partial charge in [-0.25, -0.2) is 5.48 Å². The molecule has 0 aromatic heterocycles. The maximum atomic E-state index is 10.8. The standard InChI is InChI=1S/C6H14O3S.C5H13NO4S.C5H12O3S.C4H10O3S.C4H8OS.C3H5BrO.C2H6/c1-5(7)6(2,3)10(4,8)9;1-5(2,4(7)6-8)11(3,9)10;1-4(6)5(2)9(3,7)8;1-4(5)3-8(2,6)7;1-4(5)3-6-2;1-3(5)2-4;1-2/h8-9H,1-4H3;8-10H,1-3H3,(H,6,7);5,7-8H,1-3H3;6-7H,3H2,1-2H3;3H2,1-2H3;2H2,1H3;1-2H3. The van der Waals surface area contributed by atoms with E-state index >= 15 is 0 Å². The summed E-state index contributed by atoms with van der Waals surface area (Å²) in [4.78, 5) is 62.1. The van der Waals surface area contributed by atoms with Crippen LogP contribution in [0.3, 0.4) is 0 Å². The molecule has 0 saturated carbocycles. The summed E-state index contributed by atoms with van der Waals surface area (Å²) in [5, 5.41) is 8.08. The Kier molecular flexibility index (Phi) is 39.8. The summed E-state index contributed by atoms with van der Waals surface area (Å²) in [5.41, 5.74) is 1.37. The average molecular weight is 911 g/mol. The van der Waals surface area contributed by atoms with Crippen molar-refractivity contribution in [1.29, 1.82) is 0 Å².